The maximum absolute atomic E-state index is 11.3. The first-order chi connectivity index (χ1) is 11.2. The van der Waals surface area contributed by atoms with Crippen LogP contribution in [-0.2, 0) is 4.74 Å². The number of anilines is 1. The van der Waals surface area contributed by atoms with Gasteiger partial charge in [-0.1, -0.05) is 17.4 Å². The molecule has 9 nitrogen and oxygen atoms in total. The third-order valence-electron chi connectivity index (χ3n) is 2.82. The molecule has 0 aromatic carbocycles. The van der Waals surface area contributed by atoms with Gasteiger partial charge in [-0.25, -0.2) is 0 Å². The van der Waals surface area contributed by atoms with Crippen molar-refractivity contribution in [2.45, 2.75) is 9.37 Å². The molecule has 0 aliphatic heterocycles. The second-order valence-electron chi connectivity index (χ2n) is 4.32. The molecule has 3 heterocycles. The summed E-state index contributed by atoms with van der Waals surface area (Å²) in [4.78, 5) is 15.2. The molecule has 0 amide bonds. The third-order valence-corrected chi connectivity index (χ3v) is 4.72. The maximum atomic E-state index is 11.3. The van der Waals surface area contributed by atoms with Crippen LogP contribution in [0.3, 0.4) is 0 Å². The lowest BCUT2D eigenvalue weighted by Crippen LogP contribution is -2.06. The van der Waals surface area contributed by atoms with Gasteiger partial charge in [-0.3, -0.25) is 0 Å². The summed E-state index contributed by atoms with van der Waals surface area (Å²) in [5, 5.41) is 23.3. The van der Waals surface area contributed by atoms with Crippen molar-refractivity contribution < 1.29 is 9.66 Å². The second kappa shape index (κ2) is 6.89. The van der Waals surface area contributed by atoms with Gasteiger partial charge in [0.15, 0.2) is 4.34 Å². The van der Waals surface area contributed by atoms with Crippen molar-refractivity contribution in [1.82, 2.24) is 19.6 Å². The first-order valence-electron chi connectivity index (χ1n) is 6.54. The number of methoxy groups -OCH3 is 1. The van der Waals surface area contributed by atoms with Crippen LogP contribution in [0.25, 0.3) is 5.65 Å². The highest BCUT2D eigenvalue weighted by Gasteiger charge is 2.24. The van der Waals surface area contributed by atoms with Crippen LogP contribution in [0, 0.1) is 10.1 Å². The Balaban J connectivity index is 1.84. The van der Waals surface area contributed by atoms with Gasteiger partial charge in [0.1, 0.15) is 0 Å². The largest absolute Gasteiger partial charge is 0.383 e. The van der Waals surface area contributed by atoms with Gasteiger partial charge in [-0.05, 0) is 22.8 Å². The van der Waals surface area contributed by atoms with Gasteiger partial charge in [0, 0.05) is 19.7 Å². The van der Waals surface area contributed by atoms with Crippen molar-refractivity contribution in [2.75, 3.05) is 25.6 Å². The minimum Gasteiger partial charge on any atom is -0.383 e. The van der Waals surface area contributed by atoms with E-state index in [0.717, 1.165) is 11.8 Å². The molecule has 120 valence electrons. The van der Waals surface area contributed by atoms with E-state index in [1.165, 1.54) is 15.7 Å². The van der Waals surface area contributed by atoms with E-state index in [1.54, 1.807) is 31.5 Å². The lowest BCUT2D eigenvalue weighted by atomic mass is 10.5. The molecule has 0 atom stereocenters. The molecule has 0 radical (unpaired) electrons. The monoisotopic (exact) mass is 352 g/mol. The van der Waals surface area contributed by atoms with E-state index in [9.17, 15) is 10.1 Å². The van der Waals surface area contributed by atoms with Gasteiger partial charge in [-0.2, -0.15) is 9.38 Å². The van der Waals surface area contributed by atoms with Gasteiger partial charge in [0.05, 0.1) is 12.8 Å². The highest BCUT2D eigenvalue weighted by molar-refractivity contribution is 8.01. The predicted molar refractivity (Wildman–Crippen MR) is 86.2 cm³/mol. The fraction of sp³-hybridized carbons (Fsp3) is 0.250. The summed E-state index contributed by atoms with van der Waals surface area (Å²) in [7, 11) is 1.62. The summed E-state index contributed by atoms with van der Waals surface area (Å²) in [5.74, 6) is -0.0744. The van der Waals surface area contributed by atoms with Crippen LogP contribution in [0.1, 0.15) is 0 Å². The summed E-state index contributed by atoms with van der Waals surface area (Å²) in [5.41, 5.74) is 0.518. The van der Waals surface area contributed by atoms with E-state index in [0.29, 0.717) is 33.3 Å². The number of aromatic nitrogens is 4. The molecular weight excluding hydrogens is 340 g/mol. The molecule has 0 aliphatic rings. The summed E-state index contributed by atoms with van der Waals surface area (Å²) in [6, 6.07) is 5.22. The van der Waals surface area contributed by atoms with Crippen molar-refractivity contribution in [3.05, 3.63) is 34.5 Å². The average molecular weight is 352 g/mol. The number of fused-ring (bicyclic) bond motifs is 1. The Morgan fingerprint density at radius 2 is 2.35 bits per heavy atom. The van der Waals surface area contributed by atoms with Crippen molar-refractivity contribution in [3.8, 4) is 0 Å². The predicted octanol–water partition coefficient (Wildman–Crippen LogP) is 2.30. The van der Waals surface area contributed by atoms with E-state index in [1.807, 2.05) is 0 Å². The number of imidazole rings is 1. The zero-order valence-corrected chi connectivity index (χ0v) is 13.6. The van der Waals surface area contributed by atoms with Crippen molar-refractivity contribution >= 4 is 39.7 Å². The van der Waals surface area contributed by atoms with Gasteiger partial charge in [-0.15, -0.1) is 10.2 Å². The van der Waals surface area contributed by atoms with E-state index < -0.39 is 4.92 Å². The molecule has 3 rings (SSSR count). The number of nitrogens with zero attached hydrogens (tertiary/aromatic N) is 5. The maximum Gasteiger partial charge on any atom is 0.362 e. The van der Waals surface area contributed by atoms with E-state index in [4.69, 9.17) is 4.74 Å². The van der Waals surface area contributed by atoms with Crippen LogP contribution in [0.2, 0.25) is 0 Å². The fourth-order valence-corrected chi connectivity index (χ4v) is 3.65. The van der Waals surface area contributed by atoms with Crippen molar-refractivity contribution in [2.24, 2.45) is 0 Å². The molecule has 3 aromatic rings. The molecule has 0 aliphatic carbocycles. The van der Waals surface area contributed by atoms with Crippen molar-refractivity contribution in [1.29, 1.82) is 0 Å². The number of rotatable bonds is 7. The molecule has 0 saturated carbocycles. The smallest absolute Gasteiger partial charge is 0.362 e. The van der Waals surface area contributed by atoms with E-state index in [-0.39, 0.29) is 5.82 Å². The number of nitrogens with one attached hydrogen (secondary N) is 1. The Morgan fingerprint density at radius 3 is 3.13 bits per heavy atom. The van der Waals surface area contributed by atoms with Gasteiger partial charge in [0.2, 0.25) is 15.8 Å². The molecule has 0 spiro atoms. The standard InChI is InChI=1S/C12H12N6O3S2/c1-21-7-5-13-11-15-16-12(23-11)22-9-10(18(19)20)17-6-3-2-4-8(17)14-9/h2-4,6H,5,7H2,1H3,(H,13,15). The molecule has 0 bridgehead atoms. The van der Waals surface area contributed by atoms with Crippen LogP contribution in [-0.4, -0.2) is 44.8 Å². The fourth-order valence-electron chi connectivity index (χ4n) is 1.86. The minimum atomic E-state index is -0.443. The third kappa shape index (κ3) is 3.41. The summed E-state index contributed by atoms with van der Waals surface area (Å²) in [6.07, 6.45) is 1.61. The Morgan fingerprint density at radius 1 is 1.48 bits per heavy atom. The molecule has 0 fully saturated rings. The van der Waals surface area contributed by atoms with Gasteiger partial charge < -0.3 is 20.2 Å². The second-order valence-corrected chi connectivity index (χ2v) is 6.53. The summed E-state index contributed by atoms with van der Waals surface area (Å²) >= 11 is 2.44. The Bertz CT molecular complexity index is 833. The number of nitro groups is 1. The van der Waals surface area contributed by atoms with Crippen molar-refractivity contribution in [3.63, 3.8) is 0 Å². The Labute approximate surface area is 138 Å². The molecular formula is C12H12N6O3S2. The van der Waals surface area contributed by atoms with Crippen LogP contribution in [0.5, 0.6) is 0 Å². The lowest BCUT2D eigenvalue weighted by Gasteiger charge is -1.98. The number of ether oxygens (including phenoxy) is 1. The number of hydrogen-bond donors (Lipinski definition) is 1. The molecule has 0 saturated heterocycles. The zero-order valence-electron chi connectivity index (χ0n) is 12.0. The van der Waals surface area contributed by atoms with Crippen LogP contribution < -0.4 is 5.32 Å². The van der Waals surface area contributed by atoms with Gasteiger partial charge >= 0.3 is 5.82 Å². The highest BCUT2D eigenvalue weighted by Crippen LogP contribution is 2.37. The molecule has 3 aromatic heterocycles. The average Bonchev–Trinajstić information content (AvgIpc) is 3.11. The van der Waals surface area contributed by atoms with Crippen LogP contribution >= 0.6 is 23.1 Å². The number of hydrogen-bond acceptors (Lipinski definition) is 9. The summed E-state index contributed by atoms with van der Waals surface area (Å²) in [6.45, 7) is 1.17. The first kappa shape index (κ1) is 15.6. The molecule has 0 unspecified atom stereocenters. The minimum absolute atomic E-state index is 0.0744. The first-order valence-corrected chi connectivity index (χ1v) is 8.18. The normalized spacial score (nSPS) is 11.0. The number of pyridine rings is 1. The lowest BCUT2D eigenvalue weighted by molar-refractivity contribution is -0.393. The van der Waals surface area contributed by atoms with E-state index in [2.05, 4.69) is 20.5 Å². The topological polar surface area (TPSA) is 107 Å². The van der Waals surface area contributed by atoms with Gasteiger partial charge in [0.25, 0.3) is 0 Å². The Hall–Kier alpha value is -2.24. The molecule has 11 heteroatoms. The SMILES string of the molecule is COCCNc1nnc(Sc2nc3ccccn3c2[N+](=O)[O-])s1. The Kier molecular flexibility index (Phi) is 4.69. The van der Waals surface area contributed by atoms with Crippen LogP contribution in [0.4, 0.5) is 10.9 Å². The highest BCUT2D eigenvalue weighted by atomic mass is 32.2. The summed E-state index contributed by atoms with van der Waals surface area (Å²) < 4.78 is 6.97. The van der Waals surface area contributed by atoms with E-state index >= 15 is 0 Å². The zero-order chi connectivity index (χ0) is 16.2. The quantitative estimate of drug-likeness (QED) is 0.392. The van der Waals surface area contributed by atoms with Crippen LogP contribution in [0.15, 0.2) is 33.8 Å². The molecule has 1 N–H and O–H groups in total. The molecule has 23 heavy (non-hydrogen) atoms.